The Morgan fingerprint density at radius 1 is 1.19 bits per heavy atom. The first kappa shape index (κ1) is 14.9. The molecule has 0 atom stereocenters. The lowest BCUT2D eigenvalue weighted by Gasteiger charge is -2.24. The zero-order valence-corrected chi connectivity index (χ0v) is 10.3. The molecule has 0 rings (SSSR count). The lowest BCUT2D eigenvalue weighted by molar-refractivity contribution is -0.137. The van der Waals surface area contributed by atoms with Crippen molar-refractivity contribution >= 4 is 5.97 Å². The van der Waals surface area contributed by atoms with Crippen molar-refractivity contribution in [3.63, 3.8) is 0 Å². The fraction of sp³-hybridized carbons (Fsp3) is 0.750. The Morgan fingerprint density at radius 3 is 2.19 bits per heavy atom. The second-order valence-electron chi connectivity index (χ2n) is 3.65. The number of nitrogens with zero attached hydrogens (tertiary/aromatic N) is 2. The third kappa shape index (κ3) is 7.27. The number of likely N-dealkylation sites (N-methyl/N-ethyl adjacent to an activating group) is 1. The molecule has 0 heterocycles. The molecule has 0 aliphatic heterocycles. The number of carboxylic acids is 1. The van der Waals surface area contributed by atoms with Crippen LogP contribution in [0.2, 0.25) is 0 Å². The van der Waals surface area contributed by atoms with Gasteiger partial charge in [-0.1, -0.05) is 19.8 Å². The zero-order valence-electron chi connectivity index (χ0n) is 10.3. The summed E-state index contributed by atoms with van der Waals surface area (Å²) in [4.78, 5) is 14.8. The Bertz CT molecular complexity index is 232. The summed E-state index contributed by atoms with van der Waals surface area (Å²) in [6.07, 6.45) is 5.41. The molecule has 0 aromatic carbocycles. The van der Waals surface area contributed by atoms with Crippen molar-refractivity contribution in [1.29, 1.82) is 0 Å². The van der Waals surface area contributed by atoms with Crippen LogP contribution < -0.4 is 0 Å². The molecule has 0 aliphatic carbocycles. The lowest BCUT2D eigenvalue weighted by Crippen LogP contribution is -2.36. The number of hydrogen-bond acceptors (Lipinski definition) is 3. The van der Waals surface area contributed by atoms with Crippen LogP contribution in [0.5, 0.6) is 0 Å². The molecule has 0 unspecified atom stereocenters. The molecule has 0 spiro atoms. The van der Waals surface area contributed by atoms with E-state index in [-0.39, 0.29) is 6.42 Å². The van der Waals surface area contributed by atoms with E-state index in [1.165, 1.54) is 0 Å². The highest BCUT2D eigenvalue weighted by Crippen LogP contribution is 1.94. The molecular weight excluding hydrogens is 204 g/mol. The van der Waals surface area contributed by atoms with E-state index in [1.54, 1.807) is 0 Å². The molecule has 92 valence electrons. The van der Waals surface area contributed by atoms with Crippen LogP contribution in [0.15, 0.2) is 0 Å². The molecule has 0 fully saturated rings. The van der Waals surface area contributed by atoms with E-state index in [9.17, 15) is 4.79 Å². The summed E-state index contributed by atoms with van der Waals surface area (Å²) in [6, 6.07) is 0. The Labute approximate surface area is 98.2 Å². The Hall–Kier alpha value is -1.05. The summed E-state index contributed by atoms with van der Waals surface area (Å²) in [6.45, 7) is 9.08. The van der Waals surface area contributed by atoms with E-state index in [0.29, 0.717) is 13.1 Å². The normalized spacial score (nSPS) is 10.7. The molecule has 4 heteroatoms. The van der Waals surface area contributed by atoms with E-state index in [2.05, 4.69) is 24.7 Å². The van der Waals surface area contributed by atoms with Gasteiger partial charge in [-0.05, 0) is 13.1 Å². The van der Waals surface area contributed by atoms with Gasteiger partial charge < -0.3 is 10.0 Å². The Balaban J connectivity index is 3.93. The second-order valence-corrected chi connectivity index (χ2v) is 3.65. The summed E-state index contributed by atoms with van der Waals surface area (Å²) in [7, 11) is 0. The Morgan fingerprint density at radius 2 is 1.75 bits per heavy atom. The first-order chi connectivity index (χ1) is 7.63. The van der Waals surface area contributed by atoms with Crippen molar-refractivity contribution in [2.75, 3.05) is 39.3 Å². The number of carboxylic acid groups (broad SMARTS) is 1. The molecule has 0 bridgehead atoms. The monoisotopic (exact) mass is 226 g/mol. The predicted octanol–water partition coefficient (Wildman–Crippen LogP) is 0.738. The standard InChI is InChI=1S/C12H22N2O2/c1-4-8-14(9-7-12(15)16)11-10-13(5-2)6-3/h1H,5-11H2,2-3H3,(H,15,16). The van der Waals surface area contributed by atoms with Crippen LogP contribution in [0.4, 0.5) is 0 Å². The van der Waals surface area contributed by atoms with Crippen LogP contribution in [-0.4, -0.2) is 60.1 Å². The van der Waals surface area contributed by atoms with Crippen LogP contribution >= 0.6 is 0 Å². The molecule has 0 amide bonds. The predicted molar refractivity (Wildman–Crippen MR) is 65.3 cm³/mol. The number of hydrogen-bond donors (Lipinski definition) is 1. The second kappa shape index (κ2) is 9.20. The van der Waals surface area contributed by atoms with Crippen LogP contribution in [0, 0.1) is 12.3 Å². The van der Waals surface area contributed by atoms with E-state index in [4.69, 9.17) is 11.5 Å². The highest BCUT2D eigenvalue weighted by molar-refractivity contribution is 5.66. The van der Waals surface area contributed by atoms with Crippen LogP contribution in [-0.2, 0) is 4.79 Å². The zero-order chi connectivity index (χ0) is 12.4. The number of terminal acetylenes is 1. The minimum absolute atomic E-state index is 0.153. The van der Waals surface area contributed by atoms with E-state index in [1.807, 2.05) is 4.90 Å². The van der Waals surface area contributed by atoms with Crippen molar-refractivity contribution in [2.45, 2.75) is 20.3 Å². The molecular formula is C12H22N2O2. The van der Waals surface area contributed by atoms with Crippen molar-refractivity contribution in [2.24, 2.45) is 0 Å². The van der Waals surface area contributed by atoms with Gasteiger partial charge in [-0.25, -0.2) is 0 Å². The summed E-state index contributed by atoms with van der Waals surface area (Å²) >= 11 is 0. The molecule has 0 radical (unpaired) electrons. The first-order valence-corrected chi connectivity index (χ1v) is 5.74. The minimum atomic E-state index is -0.773. The maximum absolute atomic E-state index is 10.5. The SMILES string of the molecule is C#CCN(CCC(=O)O)CCN(CC)CC. The summed E-state index contributed by atoms with van der Waals surface area (Å²) in [5, 5.41) is 8.61. The highest BCUT2D eigenvalue weighted by atomic mass is 16.4. The van der Waals surface area contributed by atoms with Gasteiger partial charge in [0.1, 0.15) is 0 Å². The summed E-state index contributed by atoms with van der Waals surface area (Å²) in [5.41, 5.74) is 0. The van der Waals surface area contributed by atoms with Crippen LogP contribution in [0.3, 0.4) is 0 Å². The maximum Gasteiger partial charge on any atom is 0.304 e. The molecule has 4 nitrogen and oxygen atoms in total. The van der Waals surface area contributed by atoms with Crippen molar-refractivity contribution in [3.05, 3.63) is 0 Å². The van der Waals surface area contributed by atoms with Crippen LogP contribution in [0.1, 0.15) is 20.3 Å². The Kier molecular flexibility index (Phi) is 8.59. The molecule has 0 aromatic heterocycles. The highest BCUT2D eigenvalue weighted by Gasteiger charge is 2.07. The van der Waals surface area contributed by atoms with Gasteiger partial charge in [-0.2, -0.15) is 0 Å². The first-order valence-electron chi connectivity index (χ1n) is 5.74. The average Bonchev–Trinajstić information content (AvgIpc) is 2.26. The summed E-state index contributed by atoms with van der Waals surface area (Å²) < 4.78 is 0. The van der Waals surface area contributed by atoms with Crippen molar-refractivity contribution in [1.82, 2.24) is 9.80 Å². The third-order valence-corrected chi connectivity index (χ3v) is 2.58. The van der Waals surface area contributed by atoms with Gasteiger partial charge in [0.15, 0.2) is 0 Å². The number of rotatable bonds is 9. The smallest absolute Gasteiger partial charge is 0.304 e. The van der Waals surface area contributed by atoms with E-state index >= 15 is 0 Å². The number of aliphatic carboxylic acids is 1. The quantitative estimate of drug-likeness (QED) is 0.589. The molecule has 0 saturated heterocycles. The van der Waals surface area contributed by atoms with Crippen LogP contribution in [0.25, 0.3) is 0 Å². The van der Waals surface area contributed by atoms with Gasteiger partial charge >= 0.3 is 5.97 Å². The molecule has 0 aromatic rings. The van der Waals surface area contributed by atoms with Gasteiger partial charge in [0.25, 0.3) is 0 Å². The fourth-order valence-electron chi connectivity index (χ4n) is 1.48. The van der Waals surface area contributed by atoms with Gasteiger partial charge in [0.05, 0.1) is 13.0 Å². The molecule has 0 aliphatic rings. The van der Waals surface area contributed by atoms with E-state index in [0.717, 1.165) is 26.2 Å². The minimum Gasteiger partial charge on any atom is -0.481 e. The van der Waals surface area contributed by atoms with Gasteiger partial charge in [-0.15, -0.1) is 6.42 Å². The van der Waals surface area contributed by atoms with Crippen molar-refractivity contribution in [3.8, 4) is 12.3 Å². The largest absolute Gasteiger partial charge is 0.481 e. The van der Waals surface area contributed by atoms with Gasteiger partial charge in [-0.3, -0.25) is 9.69 Å². The third-order valence-electron chi connectivity index (χ3n) is 2.58. The van der Waals surface area contributed by atoms with Gasteiger partial charge in [0.2, 0.25) is 0 Å². The molecule has 1 N–H and O–H groups in total. The lowest BCUT2D eigenvalue weighted by atomic mass is 10.3. The average molecular weight is 226 g/mol. The molecule has 16 heavy (non-hydrogen) atoms. The van der Waals surface area contributed by atoms with Crippen molar-refractivity contribution < 1.29 is 9.90 Å². The van der Waals surface area contributed by atoms with E-state index < -0.39 is 5.97 Å². The fourth-order valence-corrected chi connectivity index (χ4v) is 1.48. The topological polar surface area (TPSA) is 43.8 Å². The van der Waals surface area contributed by atoms with Gasteiger partial charge in [0, 0.05) is 19.6 Å². The maximum atomic E-state index is 10.5. The number of carbonyl (C=O) groups is 1. The molecule has 0 saturated carbocycles. The summed E-state index contributed by atoms with van der Waals surface area (Å²) in [5.74, 6) is 1.79.